The van der Waals surface area contributed by atoms with Crippen LogP contribution in [-0.4, -0.2) is 24.3 Å². The summed E-state index contributed by atoms with van der Waals surface area (Å²) in [5.74, 6) is -0.330. The van der Waals surface area contributed by atoms with Gasteiger partial charge in [0.05, 0.1) is 13.7 Å². The van der Waals surface area contributed by atoms with E-state index in [-0.39, 0.29) is 17.9 Å². The molecule has 6 nitrogen and oxygen atoms in total. The van der Waals surface area contributed by atoms with E-state index in [1.54, 1.807) is 13.0 Å². The first-order valence-corrected chi connectivity index (χ1v) is 5.42. The number of carbonyl (C=O) groups excluding carboxylic acids is 1. The number of ether oxygens (including phenoxy) is 2. The molecule has 0 aliphatic carbocycles. The van der Waals surface area contributed by atoms with Crippen LogP contribution in [0.4, 0.5) is 0 Å². The van der Waals surface area contributed by atoms with Crippen LogP contribution in [0.2, 0.25) is 0 Å². The molecule has 0 bridgehead atoms. The molecule has 1 unspecified atom stereocenters. The first kappa shape index (κ1) is 13.8. The molecule has 0 N–H and O–H groups in total. The first-order chi connectivity index (χ1) is 8.56. The van der Waals surface area contributed by atoms with Crippen LogP contribution >= 0.6 is 0 Å². The highest BCUT2D eigenvalue weighted by atomic mass is 16.5. The van der Waals surface area contributed by atoms with Crippen molar-refractivity contribution in [3.05, 3.63) is 28.2 Å². The van der Waals surface area contributed by atoms with E-state index < -0.39 is 17.6 Å². The Bertz CT molecular complexity index is 542. The van der Waals surface area contributed by atoms with Gasteiger partial charge in [-0.15, -0.1) is 0 Å². The van der Waals surface area contributed by atoms with Crippen molar-refractivity contribution in [3.63, 3.8) is 0 Å². The SMILES string of the molecule is CCOC(=O)C(C)n1ccc(OC)c(C#N)c1=O. The normalized spacial score (nSPS) is 11.4. The number of nitriles is 1. The smallest absolute Gasteiger partial charge is 0.328 e. The predicted octanol–water partition coefficient (Wildman–Crippen LogP) is 0.853. The summed E-state index contributed by atoms with van der Waals surface area (Å²) in [6.45, 7) is 3.45. The van der Waals surface area contributed by atoms with E-state index in [2.05, 4.69) is 0 Å². The van der Waals surface area contributed by atoms with E-state index in [4.69, 9.17) is 14.7 Å². The van der Waals surface area contributed by atoms with Gasteiger partial charge in [-0.2, -0.15) is 5.26 Å². The second-order valence-electron chi connectivity index (χ2n) is 3.51. The fraction of sp³-hybridized carbons (Fsp3) is 0.417. The van der Waals surface area contributed by atoms with Gasteiger partial charge < -0.3 is 14.0 Å². The summed E-state index contributed by atoms with van der Waals surface area (Å²) >= 11 is 0. The highest BCUT2D eigenvalue weighted by Gasteiger charge is 2.20. The van der Waals surface area contributed by atoms with Crippen molar-refractivity contribution in [1.29, 1.82) is 5.26 Å². The van der Waals surface area contributed by atoms with Crippen LogP contribution in [0.15, 0.2) is 17.1 Å². The highest BCUT2D eigenvalue weighted by Crippen LogP contribution is 2.14. The Morgan fingerprint density at radius 3 is 2.78 bits per heavy atom. The molecule has 1 aromatic heterocycles. The Hall–Kier alpha value is -2.29. The van der Waals surface area contributed by atoms with E-state index in [9.17, 15) is 9.59 Å². The molecule has 0 fully saturated rings. The molecule has 0 saturated heterocycles. The van der Waals surface area contributed by atoms with Crippen LogP contribution in [0, 0.1) is 11.3 Å². The van der Waals surface area contributed by atoms with Crippen LogP contribution in [0.3, 0.4) is 0 Å². The van der Waals surface area contributed by atoms with Crippen molar-refractivity contribution >= 4 is 5.97 Å². The standard InChI is InChI=1S/C12H14N2O4/c1-4-18-12(16)8(2)14-6-5-10(17-3)9(7-13)11(14)15/h5-6,8H,4H2,1-3H3. The maximum Gasteiger partial charge on any atom is 0.328 e. The van der Waals surface area contributed by atoms with Gasteiger partial charge in [0.15, 0.2) is 5.56 Å². The molecule has 0 aromatic carbocycles. The van der Waals surface area contributed by atoms with Crippen LogP contribution < -0.4 is 10.3 Å². The van der Waals surface area contributed by atoms with Gasteiger partial charge in [0.25, 0.3) is 5.56 Å². The number of esters is 1. The summed E-state index contributed by atoms with van der Waals surface area (Å²) in [6.07, 6.45) is 1.41. The molecule has 0 amide bonds. The Morgan fingerprint density at radius 1 is 1.61 bits per heavy atom. The molecular weight excluding hydrogens is 236 g/mol. The number of hydrogen-bond donors (Lipinski definition) is 0. The minimum absolute atomic E-state index is 0.129. The van der Waals surface area contributed by atoms with Crippen molar-refractivity contribution < 1.29 is 14.3 Å². The molecule has 1 rings (SSSR count). The molecule has 0 radical (unpaired) electrons. The molecule has 1 heterocycles. The topological polar surface area (TPSA) is 81.3 Å². The van der Waals surface area contributed by atoms with Crippen molar-refractivity contribution in [3.8, 4) is 11.8 Å². The lowest BCUT2D eigenvalue weighted by molar-refractivity contribution is -0.146. The third kappa shape index (κ3) is 2.51. The van der Waals surface area contributed by atoms with Crippen molar-refractivity contribution in [2.45, 2.75) is 19.9 Å². The van der Waals surface area contributed by atoms with Crippen LogP contribution in [-0.2, 0) is 9.53 Å². The molecular formula is C12H14N2O4. The maximum atomic E-state index is 12.0. The summed E-state index contributed by atoms with van der Waals surface area (Å²) < 4.78 is 10.9. The zero-order valence-corrected chi connectivity index (χ0v) is 10.5. The lowest BCUT2D eigenvalue weighted by Crippen LogP contribution is -2.30. The Balaban J connectivity index is 3.24. The van der Waals surface area contributed by atoms with Crippen LogP contribution in [0.1, 0.15) is 25.5 Å². The first-order valence-electron chi connectivity index (χ1n) is 5.42. The van der Waals surface area contributed by atoms with E-state index >= 15 is 0 Å². The van der Waals surface area contributed by atoms with E-state index in [1.807, 2.05) is 0 Å². The number of aromatic nitrogens is 1. The molecule has 0 aliphatic heterocycles. The lowest BCUT2D eigenvalue weighted by atomic mass is 10.2. The number of hydrogen-bond acceptors (Lipinski definition) is 5. The average molecular weight is 250 g/mol. The van der Waals surface area contributed by atoms with Gasteiger partial charge in [-0.1, -0.05) is 0 Å². The average Bonchev–Trinajstić information content (AvgIpc) is 2.37. The summed E-state index contributed by atoms with van der Waals surface area (Å²) in [5.41, 5.74) is -0.700. The molecule has 0 aliphatic rings. The maximum absolute atomic E-state index is 12.0. The van der Waals surface area contributed by atoms with Crippen molar-refractivity contribution in [2.24, 2.45) is 0 Å². The van der Waals surface area contributed by atoms with Crippen LogP contribution in [0.5, 0.6) is 5.75 Å². The minimum atomic E-state index is -0.782. The molecule has 6 heteroatoms. The fourth-order valence-electron chi connectivity index (χ4n) is 1.49. The van der Waals surface area contributed by atoms with Gasteiger partial charge in [-0.05, 0) is 19.9 Å². The molecule has 1 aromatic rings. The fourth-order valence-corrected chi connectivity index (χ4v) is 1.49. The third-order valence-electron chi connectivity index (χ3n) is 2.46. The highest BCUT2D eigenvalue weighted by molar-refractivity contribution is 5.73. The molecule has 96 valence electrons. The number of nitrogens with zero attached hydrogens (tertiary/aromatic N) is 2. The lowest BCUT2D eigenvalue weighted by Gasteiger charge is -2.14. The summed E-state index contributed by atoms with van der Waals surface area (Å²) in [4.78, 5) is 23.5. The second kappa shape index (κ2) is 5.87. The summed E-state index contributed by atoms with van der Waals surface area (Å²) in [6, 6.07) is 2.46. The zero-order chi connectivity index (χ0) is 13.7. The predicted molar refractivity (Wildman–Crippen MR) is 63.3 cm³/mol. The molecule has 18 heavy (non-hydrogen) atoms. The molecule has 0 saturated carbocycles. The van der Waals surface area contributed by atoms with Gasteiger partial charge in [0.1, 0.15) is 17.9 Å². The summed E-state index contributed by atoms with van der Waals surface area (Å²) in [5, 5.41) is 8.92. The largest absolute Gasteiger partial charge is 0.495 e. The molecule has 1 atom stereocenters. The van der Waals surface area contributed by atoms with Crippen LogP contribution in [0.25, 0.3) is 0 Å². The number of methoxy groups -OCH3 is 1. The van der Waals surface area contributed by atoms with E-state index in [0.29, 0.717) is 0 Å². The van der Waals surface area contributed by atoms with Gasteiger partial charge >= 0.3 is 5.97 Å². The Morgan fingerprint density at radius 2 is 2.28 bits per heavy atom. The third-order valence-corrected chi connectivity index (χ3v) is 2.46. The van der Waals surface area contributed by atoms with Gasteiger partial charge in [-0.3, -0.25) is 4.79 Å². The number of carbonyl (C=O) groups is 1. The zero-order valence-electron chi connectivity index (χ0n) is 10.5. The van der Waals surface area contributed by atoms with E-state index in [0.717, 1.165) is 4.57 Å². The van der Waals surface area contributed by atoms with Crippen molar-refractivity contribution in [1.82, 2.24) is 4.57 Å². The van der Waals surface area contributed by atoms with Gasteiger partial charge in [0.2, 0.25) is 0 Å². The summed E-state index contributed by atoms with van der Waals surface area (Å²) in [7, 11) is 1.37. The second-order valence-corrected chi connectivity index (χ2v) is 3.51. The number of rotatable bonds is 4. The van der Waals surface area contributed by atoms with E-state index in [1.165, 1.54) is 26.3 Å². The van der Waals surface area contributed by atoms with Crippen molar-refractivity contribution in [2.75, 3.05) is 13.7 Å². The van der Waals surface area contributed by atoms with Gasteiger partial charge in [0, 0.05) is 6.20 Å². The monoisotopic (exact) mass is 250 g/mol. The minimum Gasteiger partial charge on any atom is -0.495 e. The Kier molecular flexibility index (Phi) is 4.49. The number of pyridine rings is 1. The molecule has 0 spiro atoms. The quantitative estimate of drug-likeness (QED) is 0.740. The Labute approximate surface area is 104 Å². The van der Waals surface area contributed by atoms with Gasteiger partial charge in [-0.25, -0.2) is 4.79 Å².